The maximum Gasteiger partial charge on any atom is 0.275 e. The molecule has 2 amide bonds. The molecule has 0 unspecified atom stereocenters. The molecule has 0 saturated carbocycles. The summed E-state index contributed by atoms with van der Waals surface area (Å²) in [5.74, 6) is -3.07. The second kappa shape index (κ2) is 7.83. The Hall–Kier alpha value is -2.81. The van der Waals surface area contributed by atoms with Crippen LogP contribution in [-0.4, -0.2) is 64.4 Å². The zero-order valence-corrected chi connectivity index (χ0v) is 15.2. The highest BCUT2D eigenvalue weighted by atomic mass is 19.1. The van der Waals surface area contributed by atoms with Crippen LogP contribution in [0.3, 0.4) is 0 Å². The molecule has 1 aromatic carbocycles. The van der Waals surface area contributed by atoms with Gasteiger partial charge in [-0.1, -0.05) is 0 Å². The second-order valence-electron chi connectivity index (χ2n) is 6.64. The van der Waals surface area contributed by atoms with Crippen LogP contribution in [0.1, 0.15) is 27.3 Å². The summed E-state index contributed by atoms with van der Waals surface area (Å²) in [5.41, 5.74) is -0.440. The minimum absolute atomic E-state index is 0.0876. The smallest absolute Gasteiger partial charge is 0.275 e. The van der Waals surface area contributed by atoms with Crippen LogP contribution in [0.5, 0.6) is 0 Å². The van der Waals surface area contributed by atoms with E-state index in [4.69, 9.17) is 0 Å². The Labute approximate surface area is 155 Å². The quantitative estimate of drug-likeness (QED) is 0.885. The van der Waals surface area contributed by atoms with E-state index < -0.39 is 23.4 Å². The molecule has 0 spiro atoms. The van der Waals surface area contributed by atoms with E-state index in [1.807, 2.05) is 7.05 Å². The van der Waals surface area contributed by atoms with Crippen LogP contribution in [0.4, 0.5) is 14.5 Å². The highest BCUT2D eigenvalue weighted by Crippen LogP contribution is 2.22. The summed E-state index contributed by atoms with van der Waals surface area (Å²) in [7, 11) is 3.65. The van der Waals surface area contributed by atoms with Crippen LogP contribution in [0.2, 0.25) is 0 Å². The van der Waals surface area contributed by atoms with Crippen molar-refractivity contribution >= 4 is 17.5 Å². The lowest BCUT2D eigenvalue weighted by Gasteiger charge is -2.21. The Morgan fingerprint density at radius 1 is 1.07 bits per heavy atom. The topological polar surface area (TPSA) is 70.5 Å². The number of nitrogens with one attached hydrogen (secondary N) is 1. The molecule has 9 heteroatoms. The van der Waals surface area contributed by atoms with E-state index in [2.05, 4.69) is 15.2 Å². The van der Waals surface area contributed by atoms with Crippen molar-refractivity contribution in [1.82, 2.24) is 19.4 Å². The maximum atomic E-state index is 14.3. The predicted molar refractivity (Wildman–Crippen MR) is 95.5 cm³/mol. The molecular formula is C18H21F2N5O2. The molecule has 3 rings (SSSR count). The number of hydrogen-bond acceptors (Lipinski definition) is 4. The molecule has 0 bridgehead atoms. The SMILES string of the molecule is CN1CCCN(C(=O)c2cc(NC(=O)c3cn(C)cn3)c(F)cc2F)CC1. The summed E-state index contributed by atoms with van der Waals surface area (Å²) < 4.78 is 29.9. The summed E-state index contributed by atoms with van der Waals surface area (Å²) in [4.78, 5) is 32.4. The van der Waals surface area contributed by atoms with Crippen molar-refractivity contribution in [3.8, 4) is 0 Å². The summed E-state index contributed by atoms with van der Waals surface area (Å²) in [6.45, 7) is 2.48. The number of anilines is 1. The number of halogens is 2. The maximum absolute atomic E-state index is 14.3. The van der Waals surface area contributed by atoms with E-state index >= 15 is 0 Å². The lowest BCUT2D eigenvalue weighted by molar-refractivity contribution is 0.0757. The van der Waals surface area contributed by atoms with Gasteiger partial charge in [-0.3, -0.25) is 9.59 Å². The molecule has 0 aliphatic carbocycles. The van der Waals surface area contributed by atoms with Gasteiger partial charge in [-0.15, -0.1) is 0 Å². The van der Waals surface area contributed by atoms with Crippen molar-refractivity contribution in [3.05, 3.63) is 47.5 Å². The zero-order valence-electron chi connectivity index (χ0n) is 15.2. The molecule has 1 aliphatic heterocycles. The van der Waals surface area contributed by atoms with Gasteiger partial charge in [-0.2, -0.15) is 0 Å². The van der Waals surface area contributed by atoms with Crippen molar-refractivity contribution in [2.75, 3.05) is 38.5 Å². The molecule has 1 saturated heterocycles. The molecule has 27 heavy (non-hydrogen) atoms. The van der Waals surface area contributed by atoms with Crippen LogP contribution in [-0.2, 0) is 7.05 Å². The fourth-order valence-electron chi connectivity index (χ4n) is 2.95. The lowest BCUT2D eigenvalue weighted by Crippen LogP contribution is -2.35. The van der Waals surface area contributed by atoms with Gasteiger partial charge in [0, 0.05) is 38.9 Å². The number of imidazole rings is 1. The Kier molecular flexibility index (Phi) is 5.50. The van der Waals surface area contributed by atoms with Crippen molar-refractivity contribution in [1.29, 1.82) is 0 Å². The van der Waals surface area contributed by atoms with Gasteiger partial charge in [-0.05, 0) is 26.1 Å². The van der Waals surface area contributed by atoms with Gasteiger partial charge >= 0.3 is 0 Å². The van der Waals surface area contributed by atoms with E-state index in [0.29, 0.717) is 25.7 Å². The van der Waals surface area contributed by atoms with Gasteiger partial charge in [0.05, 0.1) is 17.6 Å². The molecule has 2 aromatic rings. The molecular weight excluding hydrogens is 356 g/mol. The summed E-state index contributed by atoms with van der Waals surface area (Å²) in [6.07, 6.45) is 3.67. The first-order valence-electron chi connectivity index (χ1n) is 8.61. The molecule has 1 fully saturated rings. The molecule has 2 heterocycles. The van der Waals surface area contributed by atoms with E-state index in [0.717, 1.165) is 19.0 Å². The number of nitrogens with zero attached hydrogens (tertiary/aromatic N) is 4. The average Bonchev–Trinajstić information content (AvgIpc) is 2.94. The lowest BCUT2D eigenvalue weighted by atomic mass is 10.1. The number of aromatic nitrogens is 2. The monoisotopic (exact) mass is 377 g/mol. The minimum Gasteiger partial charge on any atom is -0.340 e. The molecule has 7 nitrogen and oxygen atoms in total. The summed E-state index contributed by atoms with van der Waals surface area (Å²) in [5, 5.41) is 2.35. The van der Waals surface area contributed by atoms with Crippen molar-refractivity contribution < 1.29 is 18.4 Å². The number of carbonyl (C=O) groups excluding carboxylic acids is 2. The van der Waals surface area contributed by atoms with Gasteiger partial charge in [-0.25, -0.2) is 13.8 Å². The third-order valence-corrected chi connectivity index (χ3v) is 4.48. The highest BCUT2D eigenvalue weighted by molar-refractivity contribution is 6.04. The van der Waals surface area contributed by atoms with Crippen LogP contribution in [0, 0.1) is 11.6 Å². The Bertz CT molecular complexity index is 867. The first kappa shape index (κ1) is 19.0. The van der Waals surface area contributed by atoms with Gasteiger partial charge in [0.15, 0.2) is 0 Å². The predicted octanol–water partition coefficient (Wildman–Crippen LogP) is 1.73. The number of carbonyl (C=O) groups is 2. The van der Waals surface area contributed by atoms with E-state index in [9.17, 15) is 18.4 Å². The summed E-state index contributed by atoms with van der Waals surface area (Å²) >= 11 is 0. The zero-order chi connectivity index (χ0) is 19.6. The number of likely N-dealkylation sites (N-methyl/N-ethyl adjacent to an activating group) is 1. The molecule has 1 aromatic heterocycles. The van der Waals surface area contributed by atoms with Crippen molar-refractivity contribution in [2.45, 2.75) is 6.42 Å². The Morgan fingerprint density at radius 3 is 2.56 bits per heavy atom. The number of benzene rings is 1. The van der Waals surface area contributed by atoms with E-state index in [1.165, 1.54) is 12.5 Å². The van der Waals surface area contributed by atoms with Crippen molar-refractivity contribution in [2.24, 2.45) is 7.05 Å². The number of hydrogen-bond donors (Lipinski definition) is 1. The standard InChI is InChI=1S/C18H21F2N5O2/c1-23-4-3-5-25(7-6-23)18(27)12-8-15(14(20)9-13(12)19)22-17(26)16-10-24(2)11-21-16/h8-11H,3-7H2,1-2H3,(H,22,26). The summed E-state index contributed by atoms with van der Waals surface area (Å²) in [6, 6.07) is 1.66. The van der Waals surface area contributed by atoms with E-state index in [-0.39, 0.29) is 16.9 Å². The number of amides is 2. The van der Waals surface area contributed by atoms with E-state index in [1.54, 1.807) is 16.5 Å². The van der Waals surface area contributed by atoms with Crippen LogP contribution >= 0.6 is 0 Å². The molecule has 0 atom stereocenters. The molecule has 1 aliphatic rings. The third-order valence-electron chi connectivity index (χ3n) is 4.48. The first-order chi connectivity index (χ1) is 12.8. The minimum atomic E-state index is -0.955. The fourth-order valence-corrected chi connectivity index (χ4v) is 2.95. The highest BCUT2D eigenvalue weighted by Gasteiger charge is 2.24. The number of rotatable bonds is 3. The normalized spacial score (nSPS) is 15.5. The van der Waals surface area contributed by atoms with Crippen LogP contribution in [0.25, 0.3) is 0 Å². The molecule has 0 radical (unpaired) electrons. The fraction of sp³-hybridized carbons (Fsp3) is 0.389. The Balaban J connectivity index is 1.83. The van der Waals surface area contributed by atoms with Gasteiger partial charge in [0.2, 0.25) is 0 Å². The van der Waals surface area contributed by atoms with Gasteiger partial charge in [0.1, 0.15) is 17.3 Å². The van der Waals surface area contributed by atoms with Gasteiger partial charge < -0.3 is 19.7 Å². The first-order valence-corrected chi connectivity index (χ1v) is 8.61. The molecule has 144 valence electrons. The Morgan fingerprint density at radius 2 is 1.85 bits per heavy atom. The largest absolute Gasteiger partial charge is 0.340 e. The van der Waals surface area contributed by atoms with Crippen molar-refractivity contribution in [3.63, 3.8) is 0 Å². The van der Waals surface area contributed by atoms with Gasteiger partial charge in [0.25, 0.3) is 11.8 Å². The second-order valence-corrected chi connectivity index (χ2v) is 6.64. The van der Waals surface area contributed by atoms with Crippen LogP contribution in [0.15, 0.2) is 24.7 Å². The molecule has 1 N–H and O–H groups in total. The average molecular weight is 377 g/mol. The third kappa shape index (κ3) is 4.30. The van der Waals surface area contributed by atoms with Crippen LogP contribution < -0.4 is 5.32 Å². The number of aryl methyl sites for hydroxylation is 1.